The van der Waals surface area contributed by atoms with Crippen molar-refractivity contribution in [1.29, 1.82) is 0 Å². The number of rotatable bonds is 6. The van der Waals surface area contributed by atoms with Crippen LogP contribution in [-0.2, 0) is 11.3 Å². The van der Waals surface area contributed by atoms with E-state index in [1.807, 2.05) is 24.3 Å². The van der Waals surface area contributed by atoms with E-state index in [-0.39, 0.29) is 11.8 Å². The van der Waals surface area contributed by atoms with Gasteiger partial charge < -0.3 is 14.6 Å². The molecule has 0 spiro atoms. The van der Waals surface area contributed by atoms with Gasteiger partial charge in [-0.25, -0.2) is 0 Å². The van der Waals surface area contributed by atoms with Crippen molar-refractivity contribution >= 4 is 39.1 Å². The molecule has 0 bridgehead atoms. The van der Waals surface area contributed by atoms with E-state index >= 15 is 0 Å². The second kappa shape index (κ2) is 9.80. The molecule has 2 aromatic carbocycles. The van der Waals surface area contributed by atoms with Crippen LogP contribution in [0.2, 0.25) is 5.02 Å². The van der Waals surface area contributed by atoms with E-state index in [1.165, 1.54) is 0 Å². The number of halogens is 2. The largest absolute Gasteiger partial charge is 0.495 e. The molecule has 162 valence electrons. The Morgan fingerprint density at radius 1 is 1.29 bits per heavy atom. The van der Waals surface area contributed by atoms with E-state index in [2.05, 4.69) is 36.3 Å². The molecule has 1 aliphatic rings. The highest BCUT2D eigenvalue weighted by Crippen LogP contribution is 2.28. The molecule has 0 radical (unpaired) electrons. The van der Waals surface area contributed by atoms with E-state index in [1.54, 1.807) is 25.3 Å². The number of amides is 1. The molecule has 1 N–H and O–H groups in total. The molecule has 3 aromatic rings. The van der Waals surface area contributed by atoms with Crippen LogP contribution in [0.1, 0.15) is 18.7 Å². The molecule has 7 nitrogen and oxygen atoms in total. The number of piperidine rings is 1. The average Bonchev–Trinajstić information content (AvgIpc) is 3.23. The first-order chi connectivity index (χ1) is 15.0. The summed E-state index contributed by atoms with van der Waals surface area (Å²) in [6.07, 6.45) is 1.53. The first kappa shape index (κ1) is 21.8. The van der Waals surface area contributed by atoms with Gasteiger partial charge in [-0.3, -0.25) is 9.69 Å². The molecule has 1 amide bonds. The SMILES string of the molecule is COc1ccc(NC(=O)C2CCN(Cc3nc(-c4cccc(Br)c4)no3)CC2)cc1Cl. The van der Waals surface area contributed by atoms with Gasteiger partial charge in [-0.05, 0) is 56.3 Å². The molecule has 0 aliphatic carbocycles. The number of likely N-dealkylation sites (tertiary alicyclic amines) is 1. The van der Waals surface area contributed by atoms with Crippen LogP contribution in [0.3, 0.4) is 0 Å². The zero-order valence-corrected chi connectivity index (χ0v) is 19.3. The number of ether oxygens (including phenoxy) is 1. The fourth-order valence-electron chi connectivity index (χ4n) is 3.60. The molecular formula is C22H22BrClN4O3. The Balaban J connectivity index is 1.29. The number of anilines is 1. The number of aromatic nitrogens is 2. The van der Waals surface area contributed by atoms with Crippen LogP contribution in [0.25, 0.3) is 11.4 Å². The van der Waals surface area contributed by atoms with Gasteiger partial charge in [0.1, 0.15) is 5.75 Å². The Morgan fingerprint density at radius 3 is 2.81 bits per heavy atom. The zero-order valence-electron chi connectivity index (χ0n) is 17.0. The van der Waals surface area contributed by atoms with Crippen LogP contribution >= 0.6 is 27.5 Å². The van der Waals surface area contributed by atoms with Crippen molar-refractivity contribution in [1.82, 2.24) is 15.0 Å². The highest BCUT2D eigenvalue weighted by Gasteiger charge is 2.26. The van der Waals surface area contributed by atoms with Gasteiger partial charge in [0.2, 0.25) is 17.6 Å². The van der Waals surface area contributed by atoms with E-state index in [9.17, 15) is 4.79 Å². The summed E-state index contributed by atoms with van der Waals surface area (Å²) in [5.74, 6) is 1.69. The molecule has 31 heavy (non-hydrogen) atoms. The molecule has 1 fully saturated rings. The second-order valence-electron chi connectivity index (χ2n) is 7.41. The Bertz CT molecular complexity index is 1070. The van der Waals surface area contributed by atoms with Gasteiger partial charge in [-0.15, -0.1) is 0 Å². The van der Waals surface area contributed by atoms with Crippen molar-refractivity contribution in [3.05, 3.63) is 57.9 Å². The lowest BCUT2D eigenvalue weighted by Gasteiger charge is -2.30. The van der Waals surface area contributed by atoms with E-state index in [4.69, 9.17) is 20.9 Å². The highest BCUT2D eigenvalue weighted by molar-refractivity contribution is 9.10. The lowest BCUT2D eigenvalue weighted by Crippen LogP contribution is -2.37. The summed E-state index contributed by atoms with van der Waals surface area (Å²) in [4.78, 5) is 19.4. The maximum Gasteiger partial charge on any atom is 0.241 e. The van der Waals surface area contributed by atoms with Gasteiger partial charge in [-0.2, -0.15) is 4.98 Å². The third-order valence-electron chi connectivity index (χ3n) is 5.29. The zero-order chi connectivity index (χ0) is 21.8. The molecular weight excluding hydrogens is 484 g/mol. The minimum atomic E-state index is -0.0444. The maximum atomic E-state index is 12.6. The molecule has 1 aromatic heterocycles. The number of nitrogens with zero attached hydrogens (tertiary/aromatic N) is 3. The molecule has 2 heterocycles. The quantitative estimate of drug-likeness (QED) is 0.507. The number of methoxy groups -OCH3 is 1. The number of hydrogen-bond acceptors (Lipinski definition) is 6. The smallest absolute Gasteiger partial charge is 0.241 e. The maximum absolute atomic E-state index is 12.6. The summed E-state index contributed by atoms with van der Waals surface area (Å²) in [6.45, 7) is 2.15. The predicted molar refractivity (Wildman–Crippen MR) is 122 cm³/mol. The fourth-order valence-corrected chi connectivity index (χ4v) is 4.25. The first-order valence-electron chi connectivity index (χ1n) is 9.97. The lowest BCUT2D eigenvalue weighted by atomic mass is 9.96. The highest BCUT2D eigenvalue weighted by atomic mass is 79.9. The number of nitrogens with one attached hydrogen (secondary N) is 1. The summed E-state index contributed by atoms with van der Waals surface area (Å²) in [5.41, 5.74) is 1.57. The van der Waals surface area contributed by atoms with Crippen molar-refractivity contribution in [2.45, 2.75) is 19.4 Å². The molecule has 1 aliphatic heterocycles. The third kappa shape index (κ3) is 5.44. The molecule has 0 saturated carbocycles. The van der Waals surface area contributed by atoms with Crippen molar-refractivity contribution in [3.63, 3.8) is 0 Å². The van der Waals surface area contributed by atoms with Crippen LogP contribution in [0.4, 0.5) is 5.69 Å². The summed E-state index contributed by atoms with van der Waals surface area (Å²) < 4.78 is 11.5. The molecule has 9 heteroatoms. The number of carbonyl (C=O) groups is 1. The molecule has 0 atom stereocenters. The van der Waals surface area contributed by atoms with Crippen molar-refractivity contribution in [2.24, 2.45) is 5.92 Å². The standard InChI is InChI=1S/C22H22BrClN4O3/c1-30-19-6-5-17(12-18(19)24)25-22(29)14-7-9-28(10-8-14)13-20-26-21(27-31-20)15-3-2-4-16(23)11-15/h2-6,11-12,14H,7-10,13H2,1H3,(H,25,29). The molecule has 1 saturated heterocycles. The second-order valence-corrected chi connectivity index (χ2v) is 8.73. The van der Waals surface area contributed by atoms with Crippen LogP contribution < -0.4 is 10.1 Å². The topological polar surface area (TPSA) is 80.5 Å². The Morgan fingerprint density at radius 2 is 2.10 bits per heavy atom. The average molecular weight is 506 g/mol. The van der Waals surface area contributed by atoms with E-state index < -0.39 is 0 Å². The minimum absolute atomic E-state index is 0.00983. The lowest BCUT2D eigenvalue weighted by molar-refractivity contribution is -0.121. The van der Waals surface area contributed by atoms with Gasteiger partial charge in [0.05, 0.1) is 18.7 Å². The van der Waals surface area contributed by atoms with Crippen LogP contribution in [0.5, 0.6) is 5.75 Å². The first-order valence-corrected chi connectivity index (χ1v) is 11.1. The Hall–Kier alpha value is -2.42. The van der Waals surface area contributed by atoms with Gasteiger partial charge in [0, 0.05) is 21.6 Å². The van der Waals surface area contributed by atoms with E-state index in [0.717, 1.165) is 36.0 Å². The van der Waals surface area contributed by atoms with Gasteiger partial charge in [0.25, 0.3) is 0 Å². The molecule has 0 unspecified atom stereocenters. The van der Waals surface area contributed by atoms with E-state index in [0.29, 0.717) is 34.7 Å². The normalized spacial score (nSPS) is 15.1. The summed E-state index contributed by atoms with van der Waals surface area (Å²) in [7, 11) is 1.56. The Labute approximate surface area is 193 Å². The Kier molecular flexibility index (Phi) is 6.89. The summed E-state index contributed by atoms with van der Waals surface area (Å²) >= 11 is 9.59. The third-order valence-corrected chi connectivity index (χ3v) is 6.08. The number of hydrogen-bond donors (Lipinski definition) is 1. The van der Waals surface area contributed by atoms with Gasteiger partial charge in [0.15, 0.2) is 0 Å². The van der Waals surface area contributed by atoms with Gasteiger partial charge >= 0.3 is 0 Å². The monoisotopic (exact) mass is 504 g/mol. The number of carbonyl (C=O) groups excluding carboxylic acids is 1. The van der Waals surface area contributed by atoms with Crippen LogP contribution in [-0.4, -0.2) is 41.1 Å². The van der Waals surface area contributed by atoms with Gasteiger partial charge in [-0.1, -0.05) is 44.8 Å². The number of benzene rings is 2. The summed E-state index contributed by atoms with van der Waals surface area (Å²) in [5, 5.41) is 7.51. The fraction of sp³-hybridized carbons (Fsp3) is 0.318. The minimum Gasteiger partial charge on any atom is -0.495 e. The van der Waals surface area contributed by atoms with Crippen molar-refractivity contribution < 1.29 is 14.1 Å². The molecule has 4 rings (SSSR count). The van der Waals surface area contributed by atoms with Crippen molar-refractivity contribution in [2.75, 3.05) is 25.5 Å². The summed E-state index contributed by atoms with van der Waals surface area (Å²) in [6, 6.07) is 13.0. The van der Waals surface area contributed by atoms with Crippen LogP contribution in [0.15, 0.2) is 51.5 Å². The van der Waals surface area contributed by atoms with Crippen LogP contribution in [0, 0.1) is 5.92 Å². The van der Waals surface area contributed by atoms with Crippen molar-refractivity contribution in [3.8, 4) is 17.1 Å². The predicted octanol–water partition coefficient (Wildman–Crippen LogP) is 5.01.